The number of carbonyl (C=O) groups excluding carboxylic acids is 1. The summed E-state index contributed by atoms with van der Waals surface area (Å²) in [6.07, 6.45) is 4.98. The molecule has 2 aromatic rings. The van der Waals surface area contributed by atoms with Gasteiger partial charge in [0.05, 0.1) is 6.04 Å². The number of rotatable bonds is 3. The number of piperidine rings is 3. The molecule has 1 N–H and O–H groups in total. The van der Waals surface area contributed by atoms with Crippen LogP contribution in [-0.2, 0) is 11.2 Å². The SMILES string of the molecule is O=C(NC1CCCc2cc(-c3cc(Cl)ccc3Cl)ccc21)O[C@@H]1CN2CCC1CC2. The van der Waals surface area contributed by atoms with Crippen molar-refractivity contribution in [2.24, 2.45) is 5.92 Å². The number of halogens is 2. The molecule has 2 atom stereocenters. The van der Waals surface area contributed by atoms with E-state index in [9.17, 15) is 4.79 Å². The van der Waals surface area contributed by atoms with E-state index in [1.165, 1.54) is 11.1 Å². The normalized spacial score (nSPS) is 27.4. The Labute approximate surface area is 187 Å². The molecule has 3 heterocycles. The molecule has 0 spiro atoms. The molecule has 6 heteroatoms. The van der Waals surface area contributed by atoms with Crippen molar-refractivity contribution < 1.29 is 9.53 Å². The minimum atomic E-state index is -0.284. The highest BCUT2D eigenvalue weighted by Crippen LogP contribution is 2.36. The average Bonchev–Trinajstić information content (AvgIpc) is 2.76. The van der Waals surface area contributed by atoms with E-state index < -0.39 is 0 Å². The maximum Gasteiger partial charge on any atom is 0.407 e. The van der Waals surface area contributed by atoms with Crippen molar-refractivity contribution in [1.82, 2.24) is 10.2 Å². The Balaban J connectivity index is 1.30. The summed E-state index contributed by atoms with van der Waals surface area (Å²) in [5, 5.41) is 4.49. The number of amides is 1. The van der Waals surface area contributed by atoms with Crippen LogP contribution < -0.4 is 5.32 Å². The van der Waals surface area contributed by atoms with Gasteiger partial charge < -0.3 is 10.1 Å². The van der Waals surface area contributed by atoms with Crippen LogP contribution in [0, 0.1) is 5.92 Å². The number of aryl methyl sites for hydroxylation is 1. The smallest absolute Gasteiger partial charge is 0.407 e. The highest BCUT2D eigenvalue weighted by atomic mass is 35.5. The van der Waals surface area contributed by atoms with Gasteiger partial charge in [0.2, 0.25) is 0 Å². The Morgan fingerprint density at radius 1 is 1.07 bits per heavy atom. The van der Waals surface area contributed by atoms with E-state index >= 15 is 0 Å². The average molecular weight is 445 g/mol. The topological polar surface area (TPSA) is 41.6 Å². The Morgan fingerprint density at radius 3 is 2.67 bits per heavy atom. The summed E-state index contributed by atoms with van der Waals surface area (Å²) in [5.74, 6) is 0.518. The molecule has 1 amide bonds. The van der Waals surface area contributed by atoms with Gasteiger partial charge in [0.1, 0.15) is 6.10 Å². The van der Waals surface area contributed by atoms with E-state index in [-0.39, 0.29) is 18.2 Å². The molecule has 2 aromatic carbocycles. The predicted molar refractivity (Wildman–Crippen MR) is 120 cm³/mol. The summed E-state index contributed by atoms with van der Waals surface area (Å²) in [7, 11) is 0. The molecule has 0 radical (unpaired) electrons. The molecule has 3 fully saturated rings. The van der Waals surface area contributed by atoms with Gasteiger partial charge in [-0.2, -0.15) is 0 Å². The predicted octanol–water partition coefficient (Wildman–Crippen LogP) is 5.86. The Morgan fingerprint density at radius 2 is 1.90 bits per heavy atom. The van der Waals surface area contributed by atoms with Gasteiger partial charge in [0.25, 0.3) is 0 Å². The summed E-state index contributed by atoms with van der Waals surface area (Å²) in [5.41, 5.74) is 4.41. The molecular formula is C24H26Cl2N2O2. The van der Waals surface area contributed by atoms with E-state index in [4.69, 9.17) is 27.9 Å². The fourth-order valence-corrected chi connectivity index (χ4v) is 5.61. The fraction of sp³-hybridized carbons (Fsp3) is 0.458. The van der Waals surface area contributed by atoms with E-state index in [2.05, 4.69) is 28.4 Å². The second-order valence-corrected chi connectivity index (χ2v) is 9.55. The van der Waals surface area contributed by atoms with E-state index in [1.54, 1.807) is 6.07 Å². The molecule has 0 saturated carbocycles. The van der Waals surface area contributed by atoms with Crippen LogP contribution in [-0.4, -0.2) is 36.7 Å². The van der Waals surface area contributed by atoms with Crippen molar-refractivity contribution in [2.45, 2.75) is 44.2 Å². The highest BCUT2D eigenvalue weighted by molar-refractivity contribution is 6.35. The molecule has 6 rings (SSSR count). The second-order valence-electron chi connectivity index (χ2n) is 8.71. The first kappa shape index (κ1) is 20.2. The van der Waals surface area contributed by atoms with E-state index in [1.807, 2.05) is 12.1 Å². The minimum Gasteiger partial charge on any atom is -0.445 e. The molecule has 3 aliphatic heterocycles. The number of hydrogen-bond donors (Lipinski definition) is 1. The van der Waals surface area contributed by atoms with Gasteiger partial charge in [-0.3, -0.25) is 4.90 Å². The lowest BCUT2D eigenvalue weighted by atomic mass is 9.85. The summed E-state index contributed by atoms with van der Waals surface area (Å²) >= 11 is 12.6. The van der Waals surface area contributed by atoms with E-state index in [0.717, 1.165) is 62.9 Å². The van der Waals surface area contributed by atoms with Crippen LogP contribution in [0.2, 0.25) is 10.0 Å². The first-order valence-electron chi connectivity index (χ1n) is 10.8. The molecule has 4 nitrogen and oxygen atoms in total. The number of nitrogens with one attached hydrogen (secondary N) is 1. The molecule has 1 unspecified atom stereocenters. The largest absolute Gasteiger partial charge is 0.445 e. The third-order valence-corrected chi connectivity index (χ3v) is 7.41. The number of benzene rings is 2. The maximum atomic E-state index is 12.7. The Hall–Kier alpha value is -1.75. The van der Waals surface area contributed by atoms with Gasteiger partial charge in [0.15, 0.2) is 0 Å². The van der Waals surface area contributed by atoms with Crippen LogP contribution in [0.5, 0.6) is 0 Å². The number of carbonyl (C=O) groups is 1. The fourth-order valence-electron chi connectivity index (χ4n) is 5.21. The molecule has 158 valence electrons. The number of ether oxygens (including phenoxy) is 1. The number of nitrogens with zero attached hydrogens (tertiary/aromatic N) is 1. The van der Waals surface area contributed by atoms with Gasteiger partial charge in [-0.05, 0) is 86.0 Å². The van der Waals surface area contributed by atoms with Crippen molar-refractivity contribution in [1.29, 1.82) is 0 Å². The third-order valence-electron chi connectivity index (χ3n) is 6.84. The van der Waals surface area contributed by atoms with Crippen LogP contribution in [0.25, 0.3) is 11.1 Å². The Kier molecular flexibility index (Phi) is 5.65. The molecule has 4 aliphatic rings. The van der Waals surface area contributed by atoms with Crippen LogP contribution in [0.4, 0.5) is 4.79 Å². The van der Waals surface area contributed by atoms with Crippen LogP contribution in [0.1, 0.15) is 42.9 Å². The van der Waals surface area contributed by atoms with E-state index in [0.29, 0.717) is 16.0 Å². The number of alkyl carbamates (subject to hydrolysis) is 1. The van der Waals surface area contributed by atoms with Crippen molar-refractivity contribution in [3.63, 3.8) is 0 Å². The zero-order chi connectivity index (χ0) is 20.7. The van der Waals surface area contributed by atoms with Crippen molar-refractivity contribution in [3.8, 4) is 11.1 Å². The van der Waals surface area contributed by atoms with Crippen molar-refractivity contribution in [3.05, 3.63) is 57.6 Å². The van der Waals surface area contributed by atoms with Gasteiger partial charge in [0, 0.05) is 22.2 Å². The third kappa shape index (κ3) is 4.05. The van der Waals surface area contributed by atoms with Crippen LogP contribution in [0.15, 0.2) is 36.4 Å². The first-order valence-corrected chi connectivity index (χ1v) is 11.6. The molecule has 3 saturated heterocycles. The van der Waals surface area contributed by atoms with Crippen molar-refractivity contribution in [2.75, 3.05) is 19.6 Å². The maximum absolute atomic E-state index is 12.7. The molecular weight excluding hydrogens is 419 g/mol. The highest BCUT2D eigenvalue weighted by Gasteiger charge is 2.37. The lowest BCUT2D eigenvalue weighted by Gasteiger charge is -2.44. The summed E-state index contributed by atoms with van der Waals surface area (Å²) in [4.78, 5) is 15.1. The molecule has 30 heavy (non-hydrogen) atoms. The summed E-state index contributed by atoms with van der Waals surface area (Å²) < 4.78 is 5.84. The number of hydrogen-bond acceptors (Lipinski definition) is 3. The zero-order valence-electron chi connectivity index (χ0n) is 16.9. The monoisotopic (exact) mass is 444 g/mol. The van der Waals surface area contributed by atoms with Gasteiger partial charge in [-0.25, -0.2) is 4.79 Å². The van der Waals surface area contributed by atoms with Gasteiger partial charge in [-0.1, -0.05) is 41.4 Å². The molecule has 0 aromatic heterocycles. The second kappa shape index (κ2) is 8.41. The lowest BCUT2D eigenvalue weighted by Crippen LogP contribution is -2.52. The number of fused-ring (bicyclic) bond motifs is 4. The van der Waals surface area contributed by atoms with Gasteiger partial charge in [-0.15, -0.1) is 0 Å². The van der Waals surface area contributed by atoms with Crippen LogP contribution >= 0.6 is 23.2 Å². The lowest BCUT2D eigenvalue weighted by molar-refractivity contribution is -0.0340. The zero-order valence-corrected chi connectivity index (χ0v) is 18.4. The summed E-state index contributed by atoms with van der Waals surface area (Å²) in [6, 6.07) is 11.9. The summed E-state index contributed by atoms with van der Waals surface area (Å²) in [6.45, 7) is 3.16. The first-order chi connectivity index (χ1) is 14.6. The van der Waals surface area contributed by atoms with Gasteiger partial charge >= 0.3 is 6.09 Å². The molecule has 2 bridgehead atoms. The Bertz CT molecular complexity index is 956. The quantitative estimate of drug-likeness (QED) is 0.644. The standard InChI is InChI=1S/C24H26Cl2N2O2/c25-18-5-7-21(26)20(13-18)17-4-6-19-16(12-17)2-1-3-22(19)27-24(29)30-23-14-28-10-8-15(23)9-11-28/h4-7,12-13,15,22-23H,1-3,8-11,14H2,(H,27,29)/t22?,23-/m1/s1. The van der Waals surface area contributed by atoms with Crippen molar-refractivity contribution >= 4 is 29.3 Å². The molecule has 1 aliphatic carbocycles. The minimum absolute atomic E-state index is 0.00813. The van der Waals surface area contributed by atoms with Crippen LogP contribution in [0.3, 0.4) is 0 Å².